The van der Waals surface area contributed by atoms with Crippen LogP contribution in [0.1, 0.15) is 25.3 Å². The lowest BCUT2D eigenvalue weighted by Crippen LogP contribution is -2.39. The summed E-state index contributed by atoms with van der Waals surface area (Å²) in [5.74, 6) is 0. The van der Waals surface area contributed by atoms with E-state index < -0.39 is 0 Å². The molecule has 3 nitrogen and oxygen atoms in total. The summed E-state index contributed by atoms with van der Waals surface area (Å²) < 4.78 is 0. The molecular formula is C15H24ClN3. The minimum absolute atomic E-state index is 0.530. The first-order chi connectivity index (χ1) is 9.17. The van der Waals surface area contributed by atoms with Gasteiger partial charge in [0.15, 0.2) is 0 Å². The summed E-state index contributed by atoms with van der Waals surface area (Å²) in [5.41, 5.74) is 8.04. The van der Waals surface area contributed by atoms with Crippen molar-refractivity contribution in [2.45, 2.75) is 32.4 Å². The summed E-state index contributed by atoms with van der Waals surface area (Å²) in [6.07, 6.45) is 2.58. The second-order valence-electron chi connectivity index (χ2n) is 5.26. The zero-order valence-corrected chi connectivity index (χ0v) is 12.7. The molecule has 4 heteroatoms. The van der Waals surface area contributed by atoms with E-state index in [4.69, 9.17) is 17.3 Å². The molecular weight excluding hydrogens is 258 g/mol. The SMILES string of the molecule is CCN1CCCC1CN(C)c1c(Cl)cccc1CN. The van der Waals surface area contributed by atoms with Gasteiger partial charge in [-0.25, -0.2) is 0 Å². The molecule has 1 aromatic carbocycles. The number of nitrogens with two attached hydrogens (primary N) is 1. The van der Waals surface area contributed by atoms with E-state index in [0.717, 1.165) is 29.4 Å². The Hall–Kier alpha value is -0.770. The molecule has 0 radical (unpaired) electrons. The van der Waals surface area contributed by atoms with Crippen LogP contribution in [0.2, 0.25) is 5.02 Å². The normalized spacial score (nSPS) is 19.9. The van der Waals surface area contributed by atoms with Crippen molar-refractivity contribution >= 4 is 17.3 Å². The Morgan fingerprint density at radius 3 is 2.95 bits per heavy atom. The highest BCUT2D eigenvalue weighted by atomic mass is 35.5. The van der Waals surface area contributed by atoms with Crippen molar-refractivity contribution in [3.8, 4) is 0 Å². The number of likely N-dealkylation sites (tertiary alicyclic amines) is 1. The number of halogens is 1. The summed E-state index contributed by atoms with van der Waals surface area (Å²) in [7, 11) is 2.12. The van der Waals surface area contributed by atoms with Gasteiger partial charge in [-0.05, 0) is 37.6 Å². The molecule has 0 amide bonds. The van der Waals surface area contributed by atoms with Crippen LogP contribution in [-0.4, -0.2) is 37.6 Å². The fourth-order valence-electron chi connectivity index (χ4n) is 3.08. The second-order valence-corrected chi connectivity index (χ2v) is 5.66. The third kappa shape index (κ3) is 3.22. The van der Waals surface area contributed by atoms with E-state index in [0.29, 0.717) is 12.6 Å². The highest BCUT2D eigenvalue weighted by Crippen LogP contribution is 2.30. The topological polar surface area (TPSA) is 32.5 Å². The van der Waals surface area contributed by atoms with Crippen molar-refractivity contribution in [1.82, 2.24) is 4.90 Å². The van der Waals surface area contributed by atoms with Crippen LogP contribution in [-0.2, 0) is 6.54 Å². The van der Waals surface area contributed by atoms with E-state index in [-0.39, 0.29) is 0 Å². The molecule has 0 spiro atoms. The van der Waals surface area contributed by atoms with Gasteiger partial charge in [-0.3, -0.25) is 4.90 Å². The molecule has 2 N–H and O–H groups in total. The predicted octanol–water partition coefficient (Wildman–Crippen LogP) is 2.72. The molecule has 1 aliphatic rings. The van der Waals surface area contributed by atoms with Gasteiger partial charge in [-0.1, -0.05) is 30.7 Å². The third-order valence-electron chi connectivity index (χ3n) is 4.06. The molecule has 1 aliphatic heterocycles. The van der Waals surface area contributed by atoms with Crippen LogP contribution in [0.15, 0.2) is 18.2 Å². The molecule has 1 unspecified atom stereocenters. The van der Waals surface area contributed by atoms with Gasteiger partial charge in [0, 0.05) is 26.2 Å². The Balaban J connectivity index is 2.13. The zero-order chi connectivity index (χ0) is 13.8. The van der Waals surface area contributed by atoms with E-state index in [2.05, 4.69) is 29.8 Å². The van der Waals surface area contributed by atoms with Gasteiger partial charge in [-0.2, -0.15) is 0 Å². The number of benzene rings is 1. The molecule has 19 heavy (non-hydrogen) atoms. The number of para-hydroxylation sites is 1. The maximum absolute atomic E-state index is 6.35. The highest BCUT2D eigenvalue weighted by molar-refractivity contribution is 6.33. The molecule has 2 rings (SSSR count). The first kappa shape index (κ1) is 14.6. The molecule has 1 fully saturated rings. The standard InChI is InChI=1S/C15H24ClN3/c1-3-19-9-5-7-13(19)11-18(2)15-12(10-17)6-4-8-14(15)16/h4,6,8,13H,3,5,7,9-11,17H2,1-2H3. The fraction of sp³-hybridized carbons (Fsp3) is 0.600. The van der Waals surface area contributed by atoms with Crippen LogP contribution in [0.3, 0.4) is 0 Å². The average Bonchev–Trinajstić information content (AvgIpc) is 2.85. The summed E-state index contributed by atoms with van der Waals surface area (Å²) in [5, 5.41) is 0.798. The van der Waals surface area contributed by atoms with Crippen molar-refractivity contribution in [3.63, 3.8) is 0 Å². The van der Waals surface area contributed by atoms with E-state index in [1.807, 2.05) is 12.1 Å². The van der Waals surface area contributed by atoms with Gasteiger partial charge in [-0.15, -0.1) is 0 Å². The fourth-order valence-corrected chi connectivity index (χ4v) is 3.42. The summed E-state index contributed by atoms with van der Waals surface area (Å²) in [6, 6.07) is 6.61. The molecule has 1 atom stereocenters. The van der Waals surface area contributed by atoms with Crippen molar-refractivity contribution in [3.05, 3.63) is 28.8 Å². The van der Waals surface area contributed by atoms with E-state index in [9.17, 15) is 0 Å². The Morgan fingerprint density at radius 1 is 1.47 bits per heavy atom. The molecule has 0 bridgehead atoms. The molecule has 0 aromatic heterocycles. The first-order valence-corrected chi connectivity index (χ1v) is 7.47. The maximum Gasteiger partial charge on any atom is 0.0642 e. The number of hydrogen-bond donors (Lipinski definition) is 1. The minimum Gasteiger partial charge on any atom is -0.372 e. The molecule has 1 aromatic rings. The average molecular weight is 282 g/mol. The van der Waals surface area contributed by atoms with Crippen LogP contribution in [0.4, 0.5) is 5.69 Å². The highest BCUT2D eigenvalue weighted by Gasteiger charge is 2.25. The largest absolute Gasteiger partial charge is 0.372 e. The van der Waals surface area contributed by atoms with Crippen molar-refractivity contribution in [2.24, 2.45) is 5.73 Å². The van der Waals surface area contributed by atoms with E-state index in [1.54, 1.807) is 0 Å². The molecule has 0 aliphatic carbocycles. The predicted molar refractivity (Wildman–Crippen MR) is 82.9 cm³/mol. The van der Waals surface area contributed by atoms with Crippen LogP contribution >= 0.6 is 11.6 Å². The summed E-state index contributed by atoms with van der Waals surface area (Å²) >= 11 is 6.35. The van der Waals surface area contributed by atoms with Gasteiger partial charge < -0.3 is 10.6 Å². The lowest BCUT2D eigenvalue weighted by molar-refractivity contribution is 0.270. The van der Waals surface area contributed by atoms with E-state index in [1.165, 1.54) is 19.4 Å². The Kier molecular flexibility index (Phi) is 5.08. The van der Waals surface area contributed by atoms with Crippen molar-refractivity contribution in [1.29, 1.82) is 0 Å². The van der Waals surface area contributed by atoms with Gasteiger partial charge in [0.25, 0.3) is 0 Å². The van der Waals surface area contributed by atoms with E-state index >= 15 is 0 Å². The van der Waals surface area contributed by atoms with Gasteiger partial charge in [0.1, 0.15) is 0 Å². The smallest absolute Gasteiger partial charge is 0.0642 e. The zero-order valence-electron chi connectivity index (χ0n) is 11.9. The lowest BCUT2D eigenvalue weighted by Gasteiger charge is -2.30. The number of likely N-dealkylation sites (N-methyl/N-ethyl adjacent to an activating group) is 2. The molecule has 1 saturated heterocycles. The third-order valence-corrected chi connectivity index (χ3v) is 4.37. The minimum atomic E-state index is 0.530. The summed E-state index contributed by atoms with van der Waals surface area (Å²) in [4.78, 5) is 4.82. The van der Waals surface area contributed by atoms with Gasteiger partial charge >= 0.3 is 0 Å². The maximum atomic E-state index is 6.35. The second kappa shape index (κ2) is 6.60. The number of nitrogens with zero attached hydrogens (tertiary/aromatic N) is 2. The van der Waals surface area contributed by atoms with Crippen LogP contribution < -0.4 is 10.6 Å². The quantitative estimate of drug-likeness (QED) is 0.901. The lowest BCUT2D eigenvalue weighted by atomic mass is 10.1. The Bertz CT molecular complexity index is 422. The first-order valence-electron chi connectivity index (χ1n) is 7.10. The number of rotatable bonds is 5. The van der Waals surface area contributed by atoms with Gasteiger partial charge in [0.2, 0.25) is 0 Å². The van der Waals surface area contributed by atoms with Crippen molar-refractivity contribution in [2.75, 3.05) is 31.6 Å². The number of anilines is 1. The molecule has 106 valence electrons. The Morgan fingerprint density at radius 2 is 2.26 bits per heavy atom. The Labute approximate surface area is 121 Å². The molecule has 0 saturated carbocycles. The van der Waals surface area contributed by atoms with Crippen LogP contribution in [0.5, 0.6) is 0 Å². The number of hydrogen-bond acceptors (Lipinski definition) is 3. The monoisotopic (exact) mass is 281 g/mol. The molecule has 1 heterocycles. The van der Waals surface area contributed by atoms with Crippen molar-refractivity contribution < 1.29 is 0 Å². The van der Waals surface area contributed by atoms with Gasteiger partial charge in [0.05, 0.1) is 10.7 Å². The van der Waals surface area contributed by atoms with Crippen LogP contribution in [0.25, 0.3) is 0 Å². The summed E-state index contributed by atoms with van der Waals surface area (Å²) in [6.45, 7) is 6.14. The van der Waals surface area contributed by atoms with Crippen LogP contribution in [0, 0.1) is 0 Å².